The Labute approximate surface area is 97.5 Å². The molecule has 0 aliphatic carbocycles. The molecule has 0 aromatic carbocycles. The zero-order valence-electron chi connectivity index (χ0n) is 8.94. The van der Waals surface area contributed by atoms with Gasteiger partial charge in [-0.25, -0.2) is 19.3 Å². The number of rotatable bonds is 3. The standard InChI is InChI=1S/C7H12ClNO6S/c1-6(2)7(3,15-14-6)4-13-5(10)9-16(8,11)12/h4H2,1-3H3,(H,9,10). The molecule has 1 heterocycles. The van der Waals surface area contributed by atoms with Gasteiger partial charge < -0.3 is 4.74 Å². The highest BCUT2D eigenvalue weighted by atomic mass is 35.7. The van der Waals surface area contributed by atoms with Gasteiger partial charge in [0.1, 0.15) is 12.2 Å². The molecule has 1 rings (SSSR count). The molecule has 1 unspecified atom stereocenters. The van der Waals surface area contributed by atoms with Crippen molar-refractivity contribution < 1.29 is 27.7 Å². The molecular formula is C7H12ClNO6S. The molecule has 1 N–H and O–H groups in total. The number of carbonyl (C=O) groups excluding carboxylic acids is 1. The van der Waals surface area contributed by atoms with Crippen LogP contribution in [0.1, 0.15) is 20.8 Å². The molecule has 0 radical (unpaired) electrons. The van der Waals surface area contributed by atoms with Crippen molar-refractivity contribution in [3.05, 3.63) is 0 Å². The maximum Gasteiger partial charge on any atom is 0.421 e. The average Bonchev–Trinajstić information content (AvgIpc) is 2.09. The molecule has 1 aliphatic rings. The molecule has 0 aromatic heterocycles. The van der Waals surface area contributed by atoms with Gasteiger partial charge in [-0.3, -0.25) is 0 Å². The summed E-state index contributed by atoms with van der Waals surface area (Å²) in [6.45, 7) is 5.00. The van der Waals surface area contributed by atoms with Gasteiger partial charge in [0.2, 0.25) is 0 Å². The lowest BCUT2D eigenvalue weighted by Gasteiger charge is -2.49. The van der Waals surface area contributed by atoms with Crippen LogP contribution in [-0.4, -0.2) is 32.3 Å². The normalized spacial score (nSPS) is 28.0. The van der Waals surface area contributed by atoms with E-state index in [4.69, 9.17) is 20.5 Å². The van der Waals surface area contributed by atoms with Gasteiger partial charge in [-0.2, -0.15) is 8.42 Å². The maximum absolute atomic E-state index is 11.0. The molecular weight excluding hydrogens is 262 g/mol. The molecule has 9 heteroatoms. The number of carbonyl (C=O) groups is 1. The number of halogens is 1. The summed E-state index contributed by atoms with van der Waals surface area (Å²) >= 11 is 0. The first-order valence-electron chi connectivity index (χ1n) is 4.32. The molecule has 0 bridgehead atoms. The highest BCUT2D eigenvalue weighted by Crippen LogP contribution is 2.39. The summed E-state index contributed by atoms with van der Waals surface area (Å²) in [5.74, 6) is 0. The van der Waals surface area contributed by atoms with E-state index in [9.17, 15) is 13.2 Å². The zero-order valence-corrected chi connectivity index (χ0v) is 10.5. The van der Waals surface area contributed by atoms with Crippen LogP contribution in [0.4, 0.5) is 4.79 Å². The van der Waals surface area contributed by atoms with Gasteiger partial charge in [-0.05, 0) is 20.8 Å². The minimum absolute atomic E-state index is 0.155. The molecule has 7 nitrogen and oxygen atoms in total. The van der Waals surface area contributed by atoms with Crippen molar-refractivity contribution in [2.75, 3.05) is 6.61 Å². The third-order valence-corrected chi connectivity index (χ3v) is 3.03. The van der Waals surface area contributed by atoms with Crippen molar-refractivity contribution in [3.63, 3.8) is 0 Å². The first-order valence-corrected chi connectivity index (χ1v) is 6.63. The zero-order chi connectivity index (χ0) is 12.6. The van der Waals surface area contributed by atoms with Crippen LogP contribution >= 0.6 is 10.7 Å². The van der Waals surface area contributed by atoms with Crippen LogP contribution < -0.4 is 4.72 Å². The average molecular weight is 274 g/mol. The smallest absolute Gasteiger partial charge is 0.421 e. The molecule has 0 spiro atoms. The molecule has 1 fully saturated rings. The van der Waals surface area contributed by atoms with Gasteiger partial charge in [0.25, 0.3) is 0 Å². The predicted octanol–water partition coefficient (Wildman–Crippen LogP) is 0.695. The SMILES string of the molecule is CC1(C)OOC1(C)COC(=O)NS(=O)(=O)Cl. The second-order valence-electron chi connectivity index (χ2n) is 4.02. The molecule has 0 saturated carbocycles. The summed E-state index contributed by atoms with van der Waals surface area (Å²) in [6.07, 6.45) is -1.16. The van der Waals surface area contributed by atoms with Crippen molar-refractivity contribution in [2.24, 2.45) is 0 Å². The Kier molecular flexibility index (Phi) is 3.39. The Balaban J connectivity index is 2.44. The fourth-order valence-electron chi connectivity index (χ4n) is 0.881. The van der Waals surface area contributed by atoms with E-state index in [0.29, 0.717) is 0 Å². The van der Waals surface area contributed by atoms with Crippen molar-refractivity contribution in [1.82, 2.24) is 4.72 Å². The van der Waals surface area contributed by atoms with E-state index in [2.05, 4.69) is 4.74 Å². The summed E-state index contributed by atoms with van der Waals surface area (Å²) < 4.78 is 27.0. The first kappa shape index (κ1) is 13.5. The van der Waals surface area contributed by atoms with E-state index in [1.54, 1.807) is 20.8 Å². The van der Waals surface area contributed by atoms with E-state index in [-0.39, 0.29) is 6.61 Å². The number of hydrogen-bond acceptors (Lipinski definition) is 6. The van der Waals surface area contributed by atoms with Crippen molar-refractivity contribution in [1.29, 1.82) is 0 Å². The van der Waals surface area contributed by atoms with E-state index in [0.717, 1.165) is 0 Å². The topological polar surface area (TPSA) is 90.9 Å². The van der Waals surface area contributed by atoms with Gasteiger partial charge in [0.15, 0.2) is 5.60 Å². The lowest BCUT2D eigenvalue weighted by atomic mass is 9.86. The van der Waals surface area contributed by atoms with Crippen LogP contribution in [0.25, 0.3) is 0 Å². The van der Waals surface area contributed by atoms with Crippen molar-refractivity contribution in [2.45, 2.75) is 32.0 Å². The molecule has 0 aromatic rings. The number of ether oxygens (including phenoxy) is 1. The Morgan fingerprint density at radius 1 is 1.38 bits per heavy atom. The first-order chi connectivity index (χ1) is 7.06. The van der Waals surface area contributed by atoms with Gasteiger partial charge >= 0.3 is 15.3 Å². The van der Waals surface area contributed by atoms with Crippen molar-refractivity contribution in [3.8, 4) is 0 Å². The lowest BCUT2D eigenvalue weighted by Crippen LogP contribution is -2.64. The van der Waals surface area contributed by atoms with Crippen LogP contribution in [0.15, 0.2) is 0 Å². The molecule has 16 heavy (non-hydrogen) atoms. The van der Waals surface area contributed by atoms with Crippen LogP contribution in [0.3, 0.4) is 0 Å². The van der Waals surface area contributed by atoms with Gasteiger partial charge in [0.05, 0.1) is 0 Å². The number of amides is 1. The summed E-state index contributed by atoms with van der Waals surface area (Å²) in [4.78, 5) is 20.6. The minimum atomic E-state index is -4.13. The lowest BCUT2D eigenvalue weighted by molar-refractivity contribution is -0.543. The summed E-state index contributed by atoms with van der Waals surface area (Å²) in [6, 6.07) is 0. The number of nitrogens with one attached hydrogen (secondary N) is 1. The maximum atomic E-state index is 11.0. The molecule has 1 amide bonds. The summed E-state index contributed by atoms with van der Waals surface area (Å²) in [5, 5.41) is 0. The number of hydrogen-bond donors (Lipinski definition) is 1. The quantitative estimate of drug-likeness (QED) is 0.601. The van der Waals surface area contributed by atoms with Crippen LogP contribution in [-0.2, 0) is 23.7 Å². The third kappa shape index (κ3) is 2.97. The van der Waals surface area contributed by atoms with Gasteiger partial charge in [0, 0.05) is 10.7 Å². The largest absolute Gasteiger partial charge is 0.446 e. The molecule has 1 atom stereocenters. The van der Waals surface area contributed by atoms with Crippen molar-refractivity contribution >= 4 is 26.0 Å². The van der Waals surface area contributed by atoms with E-state index < -0.39 is 26.5 Å². The van der Waals surface area contributed by atoms with E-state index in [1.165, 1.54) is 4.72 Å². The fraction of sp³-hybridized carbons (Fsp3) is 0.857. The van der Waals surface area contributed by atoms with E-state index in [1.807, 2.05) is 0 Å². The van der Waals surface area contributed by atoms with Crippen LogP contribution in [0, 0.1) is 0 Å². The second-order valence-corrected chi connectivity index (χ2v) is 6.32. The summed E-state index contributed by atoms with van der Waals surface area (Å²) in [7, 11) is 0.653. The molecule has 1 aliphatic heterocycles. The second kappa shape index (κ2) is 4.02. The van der Waals surface area contributed by atoms with Gasteiger partial charge in [-0.15, -0.1) is 0 Å². The predicted molar refractivity (Wildman–Crippen MR) is 53.9 cm³/mol. The Morgan fingerprint density at radius 3 is 2.25 bits per heavy atom. The highest BCUT2D eigenvalue weighted by molar-refractivity contribution is 8.12. The Hall–Kier alpha value is -0.570. The third-order valence-electron chi connectivity index (χ3n) is 2.39. The summed E-state index contributed by atoms with van der Waals surface area (Å²) in [5.41, 5.74) is -1.44. The van der Waals surface area contributed by atoms with Crippen LogP contribution in [0.2, 0.25) is 0 Å². The minimum Gasteiger partial charge on any atom is -0.446 e. The monoisotopic (exact) mass is 273 g/mol. The van der Waals surface area contributed by atoms with Gasteiger partial charge in [-0.1, -0.05) is 0 Å². The Bertz CT molecular complexity index is 394. The molecule has 94 valence electrons. The highest BCUT2D eigenvalue weighted by Gasteiger charge is 2.55. The van der Waals surface area contributed by atoms with E-state index >= 15 is 0 Å². The van der Waals surface area contributed by atoms with Crippen LogP contribution in [0.5, 0.6) is 0 Å². The Morgan fingerprint density at radius 2 is 1.94 bits per heavy atom. The fourth-order valence-corrected chi connectivity index (χ4v) is 1.33. The molecule has 1 saturated heterocycles.